The zero-order valence-corrected chi connectivity index (χ0v) is 14.2. The van der Waals surface area contributed by atoms with Crippen molar-refractivity contribution in [3.8, 4) is 0 Å². The third-order valence-electron chi connectivity index (χ3n) is 3.45. The first-order valence-corrected chi connectivity index (χ1v) is 7.93. The van der Waals surface area contributed by atoms with Crippen LogP contribution in [0, 0.1) is 18.8 Å². The van der Waals surface area contributed by atoms with E-state index < -0.39 is 0 Å². The largest absolute Gasteiger partial charge is 0.329 e. The summed E-state index contributed by atoms with van der Waals surface area (Å²) in [7, 11) is 0. The molecule has 0 bridgehead atoms. The van der Waals surface area contributed by atoms with E-state index in [1.54, 1.807) is 0 Å². The molecule has 3 heteroatoms. The van der Waals surface area contributed by atoms with Crippen molar-refractivity contribution in [2.24, 2.45) is 17.6 Å². The van der Waals surface area contributed by atoms with E-state index in [-0.39, 0.29) is 6.04 Å². The number of halogens is 1. The van der Waals surface area contributed by atoms with E-state index in [1.165, 1.54) is 11.1 Å². The van der Waals surface area contributed by atoms with Gasteiger partial charge in [-0.3, -0.25) is 4.90 Å². The van der Waals surface area contributed by atoms with Crippen LogP contribution in [0.4, 0.5) is 0 Å². The highest BCUT2D eigenvalue weighted by Crippen LogP contribution is 2.27. The van der Waals surface area contributed by atoms with E-state index in [1.807, 2.05) is 12.1 Å². The summed E-state index contributed by atoms with van der Waals surface area (Å²) in [6.45, 7) is 13.9. The van der Waals surface area contributed by atoms with Crippen LogP contribution in [0.25, 0.3) is 0 Å². The van der Waals surface area contributed by atoms with Gasteiger partial charge in [0, 0.05) is 30.7 Å². The lowest BCUT2D eigenvalue weighted by molar-refractivity contribution is 0.159. The fourth-order valence-corrected chi connectivity index (χ4v) is 2.98. The fraction of sp³-hybridized carbons (Fsp3) is 0.647. The van der Waals surface area contributed by atoms with Gasteiger partial charge in [-0.15, -0.1) is 0 Å². The normalized spacial score (nSPS) is 13.5. The number of nitrogens with zero attached hydrogens (tertiary/aromatic N) is 1. The molecule has 0 saturated heterocycles. The van der Waals surface area contributed by atoms with Crippen LogP contribution in [0.2, 0.25) is 5.02 Å². The van der Waals surface area contributed by atoms with E-state index in [9.17, 15) is 0 Å². The SMILES string of the molecule is Cc1cc(Cl)ccc1C(CN)N(CC(C)C)CC(C)C. The molecule has 0 spiro atoms. The monoisotopic (exact) mass is 296 g/mol. The Morgan fingerprint density at radius 1 is 1.10 bits per heavy atom. The summed E-state index contributed by atoms with van der Waals surface area (Å²) < 4.78 is 0. The molecular formula is C17H29ClN2. The topological polar surface area (TPSA) is 29.3 Å². The first-order chi connectivity index (χ1) is 9.35. The molecule has 0 heterocycles. The van der Waals surface area contributed by atoms with Crippen molar-refractivity contribution in [3.63, 3.8) is 0 Å². The van der Waals surface area contributed by atoms with Gasteiger partial charge in [0.15, 0.2) is 0 Å². The average molecular weight is 297 g/mol. The van der Waals surface area contributed by atoms with E-state index in [0.29, 0.717) is 18.4 Å². The number of hydrogen-bond acceptors (Lipinski definition) is 2. The molecule has 0 radical (unpaired) electrons. The summed E-state index contributed by atoms with van der Waals surface area (Å²) in [5, 5.41) is 0.793. The quantitative estimate of drug-likeness (QED) is 0.814. The number of rotatable bonds is 7. The smallest absolute Gasteiger partial charge is 0.0473 e. The minimum absolute atomic E-state index is 0.275. The third kappa shape index (κ3) is 5.08. The Morgan fingerprint density at radius 2 is 1.65 bits per heavy atom. The fourth-order valence-electron chi connectivity index (χ4n) is 2.75. The van der Waals surface area contributed by atoms with Crippen molar-refractivity contribution in [3.05, 3.63) is 34.3 Å². The van der Waals surface area contributed by atoms with Gasteiger partial charge >= 0.3 is 0 Å². The summed E-state index contributed by atoms with van der Waals surface area (Å²) >= 11 is 6.07. The zero-order chi connectivity index (χ0) is 15.3. The van der Waals surface area contributed by atoms with Crippen molar-refractivity contribution >= 4 is 11.6 Å². The summed E-state index contributed by atoms with van der Waals surface area (Å²) in [5.41, 5.74) is 8.62. The predicted octanol–water partition coefficient (Wildman–Crippen LogP) is 4.26. The molecule has 0 aromatic heterocycles. The molecule has 1 rings (SSSR count). The number of nitrogens with two attached hydrogens (primary N) is 1. The van der Waals surface area contributed by atoms with E-state index in [0.717, 1.165) is 18.1 Å². The molecule has 0 aliphatic carbocycles. The molecule has 1 atom stereocenters. The second kappa shape index (κ2) is 8.02. The lowest BCUT2D eigenvalue weighted by Crippen LogP contribution is -2.39. The summed E-state index contributed by atoms with van der Waals surface area (Å²) in [5.74, 6) is 1.27. The molecule has 0 amide bonds. The molecule has 114 valence electrons. The Bertz CT molecular complexity index is 405. The van der Waals surface area contributed by atoms with Gasteiger partial charge < -0.3 is 5.73 Å². The first-order valence-electron chi connectivity index (χ1n) is 7.55. The van der Waals surface area contributed by atoms with Crippen LogP contribution in [0.1, 0.15) is 44.9 Å². The van der Waals surface area contributed by atoms with Crippen molar-refractivity contribution in [2.45, 2.75) is 40.7 Å². The van der Waals surface area contributed by atoms with Crippen molar-refractivity contribution in [2.75, 3.05) is 19.6 Å². The zero-order valence-electron chi connectivity index (χ0n) is 13.5. The summed E-state index contributed by atoms with van der Waals surface area (Å²) in [6.07, 6.45) is 0. The Kier molecular flexibility index (Phi) is 7.01. The Hall–Kier alpha value is -0.570. The molecular weight excluding hydrogens is 268 g/mol. The van der Waals surface area contributed by atoms with Gasteiger partial charge in [-0.25, -0.2) is 0 Å². The minimum atomic E-state index is 0.275. The van der Waals surface area contributed by atoms with Crippen LogP contribution in [-0.2, 0) is 0 Å². The van der Waals surface area contributed by atoms with E-state index in [2.05, 4.69) is 45.6 Å². The lowest BCUT2D eigenvalue weighted by atomic mass is 9.98. The molecule has 2 nitrogen and oxygen atoms in total. The molecule has 0 fully saturated rings. The highest BCUT2D eigenvalue weighted by molar-refractivity contribution is 6.30. The Morgan fingerprint density at radius 3 is 2.05 bits per heavy atom. The van der Waals surface area contributed by atoms with Gasteiger partial charge in [-0.05, 0) is 42.0 Å². The van der Waals surface area contributed by atoms with Crippen molar-refractivity contribution < 1.29 is 0 Å². The van der Waals surface area contributed by atoms with Crippen LogP contribution >= 0.6 is 11.6 Å². The highest BCUT2D eigenvalue weighted by atomic mass is 35.5. The summed E-state index contributed by atoms with van der Waals surface area (Å²) in [6, 6.07) is 6.40. The Labute approximate surface area is 129 Å². The molecule has 1 aromatic carbocycles. The van der Waals surface area contributed by atoms with Gasteiger partial charge in [-0.1, -0.05) is 45.4 Å². The minimum Gasteiger partial charge on any atom is -0.329 e. The standard InChI is InChI=1S/C17H29ClN2/c1-12(2)10-20(11-13(3)4)17(9-19)16-7-6-15(18)8-14(16)5/h6-8,12-13,17H,9-11,19H2,1-5H3. The lowest BCUT2D eigenvalue weighted by Gasteiger charge is -2.34. The third-order valence-corrected chi connectivity index (χ3v) is 3.69. The Balaban J connectivity index is 3.04. The number of benzene rings is 1. The second-order valence-electron chi connectivity index (χ2n) is 6.49. The molecule has 20 heavy (non-hydrogen) atoms. The number of aryl methyl sites for hydroxylation is 1. The molecule has 1 unspecified atom stereocenters. The van der Waals surface area contributed by atoms with Gasteiger partial charge in [-0.2, -0.15) is 0 Å². The van der Waals surface area contributed by atoms with Gasteiger partial charge in [0.25, 0.3) is 0 Å². The molecule has 1 aromatic rings. The molecule has 0 aliphatic rings. The maximum atomic E-state index is 6.09. The van der Waals surface area contributed by atoms with Crippen LogP contribution < -0.4 is 5.73 Å². The van der Waals surface area contributed by atoms with Crippen LogP contribution in [0.5, 0.6) is 0 Å². The predicted molar refractivity (Wildman–Crippen MR) is 89.2 cm³/mol. The van der Waals surface area contributed by atoms with Crippen LogP contribution in [-0.4, -0.2) is 24.5 Å². The average Bonchev–Trinajstić information content (AvgIpc) is 2.31. The highest BCUT2D eigenvalue weighted by Gasteiger charge is 2.22. The molecule has 0 saturated carbocycles. The number of hydrogen-bond donors (Lipinski definition) is 1. The molecule has 0 aliphatic heterocycles. The maximum absolute atomic E-state index is 6.09. The second-order valence-corrected chi connectivity index (χ2v) is 6.93. The van der Waals surface area contributed by atoms with Gasteiger partial charge in [0.2, 0.25) is 0 Å². The van der Waals surface area contributed by atoms with Crippen LogP contribution in [0.3, 0.4) is 0 Å². The van der Waals surface area contributed by atoms with Crippen LogP contribution in [0.15, 0.2) is 18.2 Å². The first kappa shape index (κ1) is 17.5. The maximum Gasteiger partial charge on any atom is 0.0473 e. The van der Waals surface area contributed by atoms with Crippen molar-refractivity contribution in [1.82, 2.24) is 4.90 Å². The summed E-state index contributed by atoms with van der Waals surface area (Å²) in [4.78, 5) is 2.52. The molecule has 2 N–H and O–H groups in total. The van der Waals surface area contributed by atoms with E-state index >= 15 is 0 Å². The van der Waals surface area contributed by atoms with Gasteiger partial charge in [0.05, 0.1) is 0 Å². The van der Waals surface area contributed by atoms with E-state index in [4.69, 9.17) is 17.3 Å². The van der Waals surface area contributed by atoms with Crippen molar-refractivity contribution in [1.29, 1.82) is 0 Å². The van der Waals surface area contributed by atoms with Gasteiger partial charge in [0.1, 0.15) is 0 Å².